The molecule has 0 amide bonds. The minimum atomic E-state index is 0.422. The highest BCUT2D eigenvalue weighted by Crippen LogP contribution is 2.44. The van der Waals surface area contributed by atoms with E-state index in [1.54, 1.807) is 6.07 Å². The lowest BCUT2D eigenvalue weighted by atomic mass is 9.94. The summed E-state index contributed by atoms with van der Waals surface area (Å²) in [5.74, 6) is 0.870. The topological polar surface area (TPSA) is 35.5 Å². The van der Waals surface area contributed by atoms with Crippen LogP contribution in [0.15, 0.2) is 18.2 Å². The van der Waals surface area contributed by atoms with Crippen molar-refractivity contribution in [3.8, 4) is 5.75 Å². The molecule has 0 saturated heterocycles. The second kappa shape index (κ2) is 5.19. The smallest absolute Gasteiger partial charge is 0.121 e. The van der Waals surface area contributed by atoms with E-state index in [9.17, 15) is 5.11 Å². The van der Waals surface area contributed by atoms with Crippen molar-refractivity contribution in [3.63, 3.8) is 0 Å². The zero-order valence-corrected chi connectivity index (χ0v) is 11.8. The predicted octanol–water partition coefficient (Wildman–Crippen LogP) is 2.70. The van der Waals surface area contributed by atoms with Gasteiger partial charge in [0.15, 0.2) is 0 Å². The Bertz CT molecular complexity index is 417. The minimum Gasteiger partial charge on any atom is -0.508 e. The highest BCUT2D eigenvalue weighted by molar-refractivity contribution is 5.65. The zero-order chi connectivity index (χ0) is 13.3. The van der Waals surface area contributed by atoms with Crippen LogP contribution in [0.4, 0.5) is 5.69 Å². The standard InChI is InChI=1S/C15H24N2O/c1-10(2)17-9-12(8-11(3)16-4)15-13(17)6-5-7-14(15)18/h5-7,10-12,16,18H,8-9H2,1-4H3. The second-order valence-corrected chi connectivity index (χ2v) is 5.58. The molecule has 0 radical (unpaired) electrons. The molecule has 18 heavy (non-hydrogen) atoms. The molecule has 3 nitrogen and oxygen atoms in total. The molecule has 3 heteroatoms. The van der Waals surface area contributed by atoms with Crippen LogP contribution in [-0.2, 0) is 0 Å². The summed E-state index contributed by atoms with van der Waals surface area (Å²) >= 11 is 0. The lowest BCUT2D eigenvalue weighted by Gasteiger charge is -2.24. The highest BCUT2D eigenvalue weighted by Gasteiger charge is 2.32. The first kappa shape index (κ1) is 13.2. The minimum absolute atomic E-state index is 0.422. The van der Waals surface area contributed by atoms with Gasteiger partial charge in [-0.25, -0.2) is 0 Å². The van der Waals surface area contributed by atoms with Crippen LogP contribution in [0.5, 0.6) is 5.75 Å². The predicted molar refractivity (Wildman–Crippen MR) is 76.5 cm³/mol. The Morgan fingerprint density at radius 2 is 2.11 bits per heavy atom. The number of phenolic OH excluding ortho intramolecular Hbond substituents is 1. The van der Waals surface area contributed by atoms with E-state index in [0.717, 1.165) is 18.5 Å². The van der Waals surface area contributed by atoms with E-state index >= 15 is 0 Å². The van der Waals surface area contributed by atoms with Gasteiger partial charge in [-0.3, -0.25) is 0 Å². The molecular formula is C15H24N2O. The van der Waals surface area contributed by atoms with Gasteiger partial charge in [0.1, 0.15) is 5.75 Å². The van der Waals surface area contributed by atoms with Crippen molar-refractivity contribution < 1.29 is 5.11 Å². The summed E-state index contributed by atoms with van der Waals surface area (Å²) in [5, 5.41) is 13.4. The summed E-state index contributed by atoms with van der Waals surface area (Å²) in [7, 11) is 1.99. The van der Waals surface area contributed by atoms with E-state index in [1.165, 1.54) is 5.69 Å². The Labute approximate surface area is 110 Å². The number of aromatic hydroxyl groups is 1. The summed E-state index contributed by atoms with van der Waals surface area (Å²) in [6, 6.07) is 6.81. The van der Waals surface area contributed by atoms with Gasteiger partial charge in [0, 0.05) is 35.8 Å². The molecule has 1 aliphatic heterocycles. The lowest BCUT2D eigenvalue weighted by molar-refractivity contribution is 0.450. The number of nitrogens with zero attached hydrogens (tertiary/aromatic N) is 1. The van der Waals surface area contributed by atoms with Crippen LogP contribution in [0.2, 0.25) is 0 Å². The second-order valence-electron chi connectivity index (χ2n) is 5.58. The molecule has 0 aromatic heterocycles. The maximum absolute atomic E-state index is 10.1. The fourth-order valence-electron chi connectivity index (χ4n) is 2.86. The van der Waals surface area contributed by atoms with Gasteiger partial charge in [0.05, 0.1) is 0 Å². The van der Waals surface area contributed by atoms with E-state index in [1.807, 2.05) is 13.1 Å². The fraction of sp³-hybridized carbons (Fsp3) is 0.600. The summed E-state index contributed by atoms with van der Waals surface area (Å²) in [6.07, 6.45) is 1.06. The maximum Gasteiger partial charge on any atom is 0.121 e. The number of anilines is 1. The third-order valence-electron chi connectivity index (χ3n) is 3.95. The number of phenols is 1. The molecule has 0 aliphatic carbocycles. The molecule has 2 unspecified atom stereocenters. The van der Waals surface area contributed by atoms with Gasteiger partial charge in [0.25, 0.3) is 0 Å². The van der Waals surface area contributed by atoms with Crippen LogP contribution < -0.4 is 10.2 Å². The Kier molecular flexibility index (Phi) is 3.81. The van der Waals surface area contributed by atoms with Crippen molar-refractivity contribution in [1.82, 2.24) is 5.32 Å². The summed E-state index contributed by atoms with van der Waals surface area (Å²) in [6.45, 7) is 7.61. The van der Waals surface area contributed by atoms with Crippen LogP contribution in [0.1, 0.15) is 38.7 Å². The first-order valence-electron chi connectivity index (χ1n) is 6.80. The molecule has 2 N–H and O–H groups in total. The molecule has 2 rings (SSSR count). The van der Waals surface area contributed by atoms with E-state index in [2.05, 4.69) is 37.1 Å². The monoisotopic (exact) mass is 248 g/mol. The molecule has 0 spiro atoms. The first-order valence-corrected chi connectivity index (χ1v) is 6.80. The van der Waals surface area contributed by atoms with Crippen molar-refractivity contribution in [2.24, 2.45) is 0 Å². The number of hydrogen-bond acceptors (Lipinski definition) is 3. The zero-order valence-electron chi connectivity index (χ0n) is 11.8. The molecular weight excluding hydrogens is 224 g/mol. The van der Waals surface area contributed by atoms with Gasteiger partial charge < -0.3 is 15.3 Å². The van der Waals surface area contributed by atoms with Crippen LogP contribution in [0.25, 0.3) is 0 Å². The van der Waals surface area contributed by atoms with Crippen LogP contribution in [0, 0.1) is 0 Å². The Morgan fingerprint density at radius 1 is 1.39 bits per heavy atom. The van der Waals surface area contributed by atoms with Crippen molar-refractivity contribution in [3.05, 3.63) is 23.8 Å². The molecule has 1 aromatic carbocycles. The van der Waals surface area contributed by atoms with E-state index in [-0.39, 0.29) is 0 Å². The first-order chi connectivity index (χ1) is 8.54. The molecule has 1 aliphatic rings. The number of nitrogens with one attached hydrogen (secondary N) is 1. The normalized spacial score (nSPS) is 20.3. The highest BCUT2D eigenvalue weighted by atomic mass is 16.3. The lowest BCUT2D eigenvalue weighted by Crippen LogP contribution is -2.31. The summed E-state index contributed by atoms with van der Waals surface area (Å²) in [4.78, 5) is 2.39. The number of fused-ring (bicyclic) bond motifs is 1. The fourth-order valence-corrected chi connectivity index (χ4v) is 2.86. The Balaban J connectivity index is 2.32. The number of rotatable bonds is 4. The Morgan fingerprint density at radius 3 is 2.72 bits per heavy atom. The molecule has 0 saturated carbocycles. The molecule has 0 bridgehead atoms. The average Bonchev–Trinajstić information content (AvgIpc) is 2.69. The van der Waals surface area contributed by atoms with Gasteiger partial charge in [-0.1, -0.05) is 6.07 Å². The number of benzene rings is 1. The van der Waals surface area contributed by atoms with Gasteiger partial charge in [0.2, 0.25) is 0 Å². The van der Waals surface area contributed by atoms with Crippen molar-refractivity contribution in [2.75, 3.05) is 18.5 Å². The SMILES string of the molecule is CNC(C)CC1CN(C(C)C)c2cccc(O)c21. The third kappa shape index (κ3) is 2.32. The van der Waals surface area contributed by atoms with Gasteiger partial charge in [-0.2, -0.15) is 0 Å². The summed E-state index contributed by atoms with van der Waals surface area (Å²) < 4.78 is 0. The molecule has 100 valence electrons. The third-order valence-corrected chi connectivity index (χ3v) is 3.95. The number of hydrogen-bond donors (Lipinski definition) is 2. The molecule has 1 aromatic rings. The molecule has 1 heterocycles. The largest absolute Gasteiger partial charge is 0.508 e. The van der Waals surface area contributed by atoms with Crippen molar-refractivity contribution in [2.45, 2.75) is 45.2 Å². The van der Waals surface area contributed by atoms with Crippen molar-refractivity contribution in [1.29, 1.82) is 0 Å². The Hall–Kier alpha value is -1.22. The van der Waals surface area contributed by atoms with Gasteiger partial charge >= 0.3 is 0 Å². The van der Waals surface area contributed by atoms with Crippen LogP contribution in [0.3, 0.4) is 0 Å². The maximum atomic E-state index is 10.1. The molecule has 2 atom stereocenters. The van der Waals surface area contributed by atoms with Gasteiger partial charge in [-0.05, 0) is 46.4 Å². The quantitative estimate of drug-likeness (QED) is 0.860. The molecule has 0 fully saturated rings. The van der Waals surface area contributed by atoms with Gasteiger partial charge in [-0.15, -0.1) is 0 Å². The van der Waals surface area contributed by atoms with E-state index in [0.29, 0.717) is 23.8 Å². The van der Waals surface area contributed by atoms with E-state index < -0.39 is 0 Å². The summed E-state index contributed by atoms with van der Waals surface area (Å²) in [5.41, 5.74) is 2.34. The van der Waals surface area contributed by atoms with Crippen LogP contribution in [-0.4, -0.2) is 30.8 Å². The van der Waals surface area contributed by atoms with E-state index in [4.69, 9.17) is 0 Å². The van der Waals surface area contributed by atoms with Crippen LogP contribution >= 0.6 is 0 Å². The average molecular weight is 248 g/mol. The van der Waals surface area contributed by atoms with Crippen molar-refractivity contribution >= 4 is 5.69 Å².